The number of rotatable bonds is 25. The zero-order valence-electron chi connectivity index (χ0n) is 90.4. The van der Waals surface area contributed by atoms with Gasteiger partial charge >= 0.3 is 5.97 Å². The molecule has 0 aliphatic carbocycles. The van der Waals surface area contributed by atoms with Crippen molar-refractivity contribution in [3.63, 3.8) is 0 Å². The van der Waals surface area contributed by atoms with Gasteiger partial charge in [-0.3, -0.25) is 53.1 Å². The van der Waals surface area contributed by atoms with E-state index >= 15 is 0 Å². The number of nitrogens with zero attached hydrogens (tertiary/aromatic N) is 2. The maximum absolute atomic E-state index is 11.9. The van der Waals surface area contributed by atoms with Crippen LogP contribution in [0.3, 0.4) is 0 Å². The smallest absolute Gasteiger partial charge is 0.310 e. The highest BCUT2D eigenvalue weighted by Crippen LogP contribution is 2.28. The molecule has 758 valence electrons. The molecule has 140 heavy (non-hydrogen) atoms. The molecule has 11 rings (SSSR count). The third kappa shape index (κ3) is 50.1. The van der Waals surface area contributed by atoms with E-state index < -0.39 is 5.60 Å². The van der Waals surface area contributed by atoms with E-state index in [2.05, 4.69) is 227 Å². The number of benzene rings is 9. The lowest BCUT2D eigenvalue weighted by Gasteiger charge is -2.19. The number of pyridine rings is 2. The van der Waals surface area contributed by atoms with Gasteiger partial charge in [0.15, 0.2) is 0 Å². The molecule has 0 spiro atoms. The normalized spacial score (nSPS) is 11.2. The summed E-state index contributed by atoms with van der Waals surface area (Å²) in [6.07, 6.45) is 6.67. The van der Waals surface area contributed by atoms with Gasteiger partial charge in [-0.15, -0.1) is 0 Å². The molecule has 0 unspecified atom stereocenters. The van der Waals surface area contributed by atoms with E-state index in [0.717, 1.165) is 60.8 Å². The fourth-order valence-electron chi connectivity index (χ4n) is 13.2. The number of carbonyl (C=O) groups is 9. The summed E-state index contributed by atoms with van der Waals surface area (Å²) in [6, 6.07) is 80.2. The van der Waals surface area contributed by atoms with E-state index in [1.54, 1.807) is 30.6 Å². The molecule has 2 heterocycles. The van der Waals surface area contributed by atoms with Crippen molar-refractivity contribution >= 4 is 74.5 Å². The van der Waals surface area contributed by atoms with Gasteiger partial charge in [0.25, 0.3) is 17.7 Å². The van der Waals surface area contributed by atoms with Gasteiger partial charge in [-0.05, 0) is 199 Å². The number of aromatic nitrogens is 2. The highest BCUT2D eigenvalue weighted by atomic mass is 16.6. The number of Topliss-reactive ketones (excluding diaryl/α,β-unsaturated/α-hetero) is 4. The zero-order valence-corrected chi connectivity index (χ0v) is 90.4. The van der Waals surface area contributed by atoms with Crippen molar-refractivity contribution in [3.05, 3.63) is 333 Å². The van der Waals surface area contributed by atoms with Gasteiger partial charge in [0, 0.05) is 115 Å². The average molecular weight is 1910 g/mol. The number of ketones is 4. The minimum atomic E-state index is -0.408. The van der Waals surface area contributed by atoms with E-state index in [1.807, 2.05) is 257 Å². The van der Waals surface area contributed by atoms with E-state index in [-0.39, 0.29) is 106 Å². The fourth-order valence-corrected chi connectivity index (χ4v) is 13.2. The van der Waals surface area contributed by atoms with Crippen molar-refractivity contribution in [1.82, 2.24) is 31.2 Å². The van der Waals surface area contributed by atoms with Gasteiger partial charge < -0.3 is 26.0 Å². The number of hydrogen-bond acceptors (Lipinski definition) is 12. The van der Waals surface area contributed by atoms with Crippen molar-refractivity contribution in [3.8, 4) is 0 Å². The van der Waals surface area contributed by atoms with Crippen LogP contribution in [-0.4, -0.2) is 86.4 Å². The first-order valence-corrected chi connectivity index (χ1v) is 49.5. The maximum Gasteiger partial charge on any atom is 0.310 e. The molecule has 0 aliphatic heterocycles. The number of para-hydroxylation sites is 2. The molecule has 0 saturated heterocycles. The summed E-state index contributed by atoms with van der Waals surface area (Å²) in [7, 11) is 0. The van der Waals surface area contributed by atoms with Crippen molar-refractivity contribution in [2.24, 2.45) is 29.6 Å². The highest BCUT2D eigenvalue weighted by molar-refractivity contribution is 6.05. The number of fused-ring (bicyclic) bond motifs is 2. The van der Waals surface area contributed by atoms with E-state index in [1.165, 1.54) is 27.8 Å². The Bertz CT molecular complexity index is 5530. The molecule has 2 aromatic heterocycles. The molecule has 16 nitrogen and oxygen atoms in total. The maximum atomic E-state index is 11.9. The lowest BCUT2D eigenvalue weighted by molar-refractivity contribution is -0.154. The van der Waals surface area contributed by atoms with Crippen LogP contribution in [0.15, 0.2) is 255 Å². The molecule has 0 fully saturated rings. The van der Waals surface area contributed by atoms with Gasteiger partial charge in [-0.1, -0.05) is 374 Å². The Hall–Kier alpha value is -12.2. The summed E-state index contributed by atoms with van der Waals surface area (Å²) in [5.41, 5.74) is 17.0. The van der Waals surface area contributed by atoms with Crippen LogP contribution < -0.4 is 21.3 Å². The minimum Gasteiger partial charge on any atom is -0.460 e. The van der Waals surface area contributed by atoms with Crippen LogP contribution in [0.1, 0.15) is 341 Å². The molecule has 16 heteroatoms. The number of esters is 1. The average Bonchev–Trinajstić information content (AvgIpc) is 0.816. The molecular weight excluding hydrogens is 1730 g/mol. The molecule has 4 amide bonds. The number of ether oxygens (including phenoxy) is 1. The Morgan fingerprint density at radius 2 is 0.650 bits per heavy atom. The fraction of sp³-hybridized carbons (Fsp3) is 0.444. The predicted molar refractivity (Wildman–Crippen MR) is 587 cm³/mol. The second kappa shape index (κ2) is 60.7. The van der Waals surface area contributed by atoms with Crippen LogP contribution in [0.4, 0.5) is 0 Å². The summed E-state index contributed by atoms with van der Waals surface area (Å²) >= 11 is 0. The van der Waals surface area contributed by atoms with Gasteiger partial charge in [-0.2, -0.15) is 0 Å². The number of carbonyl (C=O) groups excluding carboxylic acids is 9. The largest absolute Gasteiger partial charge is 0.460 e. The van der Waals surface area contributed by atoms with Gasteiger partial charge in [0.05, 0.1) is 23.0 Å². The molecular formula is C124H172N6O10. The topological polar surface area (TPSA) is 237 Å². The monoisotopic (exact) mass is 1910 g/mol. The number of amides is 4. The SMILES string of the molecule is C.CC(C)C(=O)Cc1ccc(C(C)(C)C)cc1.CC(C)C(=O)Cc1cccc2cccnc12.CC(C)C(=O)Cc1ccccc1.CC(C)C(=O)NCc1ccc(C(C)(C)C)cc1.CC(C)CC(=O)Cc1ccc(C(C)(C)C)cc1.CC(C)NC(=O)c1ccc(C(C)(C)C)cc1.CC(C)NC(=O)c1cccc2cccnc12.CC(C)NC(=O)c1ccccc1.CC(C)c1ccc(CC(=O)OC(C)(C)C)cc1. The van der Waals surface area contributed by atoms with Crippen LogP contribution in [0.25, 0.3) is 21.8 Å². The van der Waals surface area contributed by atoms with Crippen LogP contribution in [0, 0.1) is 29.6 Å². The zero-order chi connectivity index (χ0) is 105. The van der Waals surface area contributed by atoms with Gasteiger partial charge in [0.1, 0.15) is 28.7 Å². The molecule has 4 N–H and O–H groups in total. The van der Waals surface area contributed by atoms with Gasteiger partial charge in [0.2, 0.25) is 5.91 Å². The van der Waals surface area contributed by atoms with E-state index in [9.17, 15) is 43.2 Å². The molecule has 0 bridgehead atoms. The van der Waals surface area contributed by atoms with Crippen molar-refractivity contribution in [1.29, 1.82) is 0 Å². The van der Waals surface area contributed by atoms with Crippen LogP contribution in [0.2, 0.25) is 0 Å². The van der Waals surface area contributed by atoms with Crippen LogP contribution in [-0.2, 0) is 93.8 Å². The van der Waals surface area contributed by atoms with Crippen molar-refractivity contribution in [2.75, 3.05) is 0 Å². The van der Waals surface area contributed by atoms with Crippen molar-refractivity contribution < 1.29 is 47.9 Å². The summed E-state index contributed by atoms with van der Waals surface area (Å²) in [5.74, 6) is 2.43. The van der Waals surface area contributed by atoms with Gasteiger partial charge in [-0.25, -0.2) is 0 Å². The molecule has 9 aromatic carbocycles. The predicted octanol–water partition coefficient (Wildman–Crippen LogP) is 28.3. The quantitative estimate of drug-likeness (QED) is 0.0391. The molecule has 0 saturated carbocycles. The third-order valence-electron chi connectivity index (χ3n) is 21.7. The Balaban J connectivity index is 0.000000533. The van der Waals surface area contributed by atoms with E-state index in [0.29, 0.717) is 85.4 Å². The second-order valence-corrected chi connectivity index (χ2v) is 43.5. The summed E-state index contributed by atoms with van der Waals surface area (Å²) < 4.78 is 5.28. The molecule has 0 atom stereocenters. The van der Waals surface area contributed by atoms with Crippen LogP contribution in [0.5, 0.6) is 0 Å². The minimum absolute atomic E-state index is 0. The summed E-state index contributed by atoms with van der Waals surface area (Å²) in [6.45, 7) is 68.1. The highest BCUT2D eigenvalue weighted by Gasteiger charge is 2.22. The molecule has 0 aliphatic rings. The Labute approximate surface area is 843 Å². The first-order valence-electron chi connectivity index (χ1n) is 49.5. The first-order chi connectivity index (χ1) is 64.7. The second-order valence-electron chi connectivity index (χ2n) is 43.5. The summed E-state index contributed by atoms with van der Waals surface area (Å²) in [5, 5.41) is 13.6. The van der Waals surface area contributed by atoms with Crippen molar-refractivity contribution in [2.45, 2.75) is 332 Å². The third-order valence-corrected chi connectivity index (χ3v) is 21.7. The Kier molecular flexibility index (Phi) is 53.7. The molecule has 0 radical (unpaired) electrons. The first kappa shape index (κ1) is 124. The molecule has 11 aromatic rings. The summed E-state index contributed by atoms with van der Waals surface area (Å²) in [4.78, 5) is 113. The number of nitrogens with one attached hydrogen (secondary N) is 4. The van der Waals surface area contributed by atoms with Crippen LogP contribution >= 0.6 is 0 Å². The lowest BCUT2D eigenvalue weighted by atomic mass is 9.86. The Morgan fingerprint density at radius 3 is 1.04 bits per heavy atom. The Morgan fingerprint density at radius 1 is 0.314 bits per heavy atom. The standard InChI is InChI=1S/C16H24O.C15H23NO.C15H22O2.C15H22O.C14H15NO.C14H21NO.C13H14N2O.C11H14O.C10H13NO.CH4/c1-12(2)10-15(17)11-13-6-8-14(9-7-13)16(3,4)5;1-11(2)14(17)16-10-12-6-8-13(9-7-12)15(3,4)5;1-11(2)13-8-6-12(7-9-13)10-14(16)17-15(3,4)5;1-11(2)14(16)10-12-6-8-13(9-7-12)15(3,4)5;1-10(2)13(16)9-12-6-3-5-11-7-4-8-15-14(11)12;1-10(2)15-13(16)11-6-8-12(9-7-11)14(3,4)5;1-9(2)15-13(16)11-7-3-5-10-6-4-8-14-12(10)11;1-9(2)11(12)8-10-6-4-3-5-7-10;1-8(2)11-10(12)9-6-4-3-5-7-9;/h6-9,12H,10-11H2,1-5H3;6-9,11H,10H2,1-5H3,(H,16,17);6-9,11H,10H2,1-5H3;6-9,11H,10H2,1-5H3;3-8,10H,9H2,1-2H3;6-10H,1-5H3,(H,15,16);3-9H,1-2H3,(H,15,16);3-7,9H,8H2,1-2H3;3-8H,1-2H3,(H,11,12);1H4. The number of hydrogen-bond donors (Lipinski definition) is 4. The lowest BCUT2D eigenvalue weighted by Crippen LogP contribution is -2.30. The van der Waals surface area contributed by atoms with E-state index in [4.69, 9.17) is 4.74 Å².